The highest BCUT2D eigenvalue weighted by Gasteiger charge is 2.11. The number of hydrogen-bond donors (Lipinski definition) is 1. The molecule has 7 heteroatoms. The lowest BCUT2D eigenvalue weighted by molar-refractivity contribution is -0.385. The highest BCUT2D eigenvalue weighted by molar-refractivity contribution is 5.39. The van der Waals surface area contributed by atoms with Crippen LogP contribution in [0.3, 0.4) is 0 Å². The zero-order valence-electron chi connectivity index (χ0n) is 9.79. The van der Waals surface area contributed by atoms with Crippen LogP contribution in [0.25, 0.3) is 0 Å². The van der Waals surface area contributed by atoms with Crippen LogP contribution in [0, 0.1) is 17.0 Å². The van der Waals surface area contributed by atoms with E-state index >= 15 is 0 Å². The van der Waals surface area contributed by atoms with Gasteiger partial charge in [0.25, 0.3) is 5.69 Å². The quantitative estimate of drug-likeness (QED) is 0.637. The monoisotopic (exact) mass is 248 g/mol. The second kappa shape index (κ2) is 5.37. The van der Waals surface area contributed by atoms with Gasteiger partial charge in [-0.15, -0.1) is 10.2 Å². The molecule has 0 fully saturated rings. The molecule has 2 rings (SSSR count). The summed E-state index contributed by atoms with van der Waals surface area (Å²) in [6, 6.07) is 6.60. The van der Waals surface area contributed by atoms with Crippen LogP contribution in [0.1, 0.15) is 17.3 Å². The van der Waals surface area contributed by atoms with Gasteiger partial charge in [0.15, 0.2) is 0 Å². The molecule has 0 aliphatic carbocycles. The fraction of sp³-hybridized carbons (Fsp3) is 0.273. The molecule has 0 aliphatic heterocycles. The van der Waals surface area contributed by atoms with Gasteiger partial charge in [0.1, 0.15) is 0 Å². The van der Waals surface area contributed by atoms with Gasteiger partial charge in [-0.05, 0) is 0 Å². The number of rotatable bonds is 5. The summed E-state index contributed by atoms with van der Waals surface area (Å²) in [5.74, 6) is 0.962. The van der Waals surface area contributed by atoms with E-state index in [2.05, 4.69) is 15.5 Å². The van der Waals surface area contributed by atoms with Crippen LogP contribution in [0.2, 0.25) is 0 Å². The second-order valence-electron chi connectivity index (χ2n) is 3.70. The highest BCUT2D eigenvalue weighted by atomic mass is 16.6. The average Bonchev–Trinajstić information content (AvgIpc) is 2.75. The van der Waals surface area contributed by atoms with Crippen molar-refractivity contribution in [3.63, 3.8) is 0 Å². The second-order valence-corrected chi connectivity index (χ2v) is 3.70. The van der Waals surface area contributed by atoms with Crippen molar-refractivity contribution >= 4 is 5.69 Å². The number of para-hydroxylation sites is 1. The minimum Gasteiger partial charge on any atom is -0.424 e. The number of aromatic nitrogens is 2. The molecule has 1 aromatic heterocycles. The third kappa shape index (κ3) is 2.89. The average molecular weight is 248 g/mol. The van der Waals surface area contributed by atoms with Crippen LogP contribution in [0.5, 0.6) is 0 Å². The van der Waals surface area contributed by atoms with Crippen molar-refractivity contribution in [1.29, 1.82) is 0 Å². The molecule has 2 aromatic rings. The van der Waals surface area contributed by atoms with Crippen molar-refractivity contribution in [3.05, 3.63) is 51.7 Å². The maximum absolute atomic E-state index is 10.8. The van der Waals surface area contributed by atoms with E-state index in [0.29, 0.717) is 30.4 Å². The molecule has 0 atom stereocenters. The molecule has 0 aliphatic rings. The molecule has 0 amide bonds. The van der Waals surface area contributed by atoms with Crippen molar-refractivity contribution in [2.45, 2.75) is 20.0 Å². The van der Waals surface area contributed by atoms with Crippen molar-refractivity contribution in [2.24, 2.45) is 0 Å². The Morgan fingerprint density at radius 3 is 2.78 bits per heavy atom. The molecule has 0 bridgehead atoms. The molecule has 0 spiro atoms. The fourth-order valence-corrected chi connectivity index (χ4v) is 1.55. The number of nitrogens with zero attached hydrogens (tertiary/aromatic N) is 3. The summed E-state index contributed by atoms with van der Waals surface area (Å²) in [4.78, 5) is 10.4. The molecule has 18 heavy (non-hydrogen) atoms. The molecular weight excluding hydrogens is 236 g/mol. The summed E-state index contributed by atoms with van der Waals surface area (Å²) in [7, 11) is 0. The maximum Gasteiger partial charge on any atom is 0.273 e. The number of hydrogen-bond acceptors (Lipinski definition) is 6. The minimum atomic E-state index is -0.395. The SMILES string of the molecule is Cc1nnc(CNCc2ccccc2[N+](=O)[O-])o1. The first-order valence-corrected chi connectivity index (χ1v) is 5.39. The van der Waals surface area contributed by atoms with Gasteiger partial charge in [-0.3, -0.25) is 10.1 Å². The Morgan fingerprint density at radius 1 is 1.33 bits per heavy atom. The van der Waals surface area contributed by atoms with E-state index in [9.17, 15) is 10.1 Å². The first kappa shape index (κ1) is 12.2. The largest absolute Gasteiger partial charge is 0.424 e. The number of nitro benzene ring substituents is 1. The maximum atomic E-state index is 10.8. The van der Waals surface area contributed by atoms with Gasteiger partial charge >= 0.3 is 0 Å². The Hall–Kier alpha value is -2.28. The van der Waals surface area contributed by atoms with Gasteiger partial charge in [-0.2, -0.15) is 0 Å². The van der Waals surface area contributed by atoms with Crippen molar-refractivity contribution in [1.82, 2.24) is 15.5 Å². The number of aryl methyl sites for hydroxylation is 1. The van der Waals surface area contributed by atoms with E-state index in [1.807, 2.05) is 0 Å². The Balaban J connectivity index is 1.96. The molecule has 0 unspecified atom stereocenters. The van der Waals surface area contributed by atoms with Crippen LogP contribution < -0.4 is 5.32 Å². The highest BCUT2D eigenvalue weighted by Crippen LogP contribution is 2.17. The summed E-state index contributed by atoms with van der Waals surface area (Å²) in [6.45, 7) is 2.46. The van der Waals surface area contributed by atoms with Crippen molar-refractivity contribution < 1.29 is 9.34 Å². The molecule has 1 heterocycles. The third-order valence-corrected chi connectivity index (χ3v) is 2.35. The predicted octanol–water partition coefficient (Wildman–Crippen LogP) is 1.58. The molecule has 1 N–H and O–H groups in total. The zero-order chi connectivity index (χ0) is 13.0. The summed E-state index contributed by atoms with van der Waals surface area (Å²) >= 11 is 0. The van der Waals surface area contributed by atoms with Crippen LogP contribution in [-0.4, -0.2) is 15.1 Å². The van der Waals surface area contributed by atoms with E-state index in [1.54, 1.807) is 25.1 Å². The standard InChI is InChI=1S/C11H12N4O3/c1-8-13-14-11(18-8)7-12-6-9-4-2-3-5-10(9)15(16)17/h2-5,12H,6-7H2,1H3. The van der Waals surface area contributed by atoms with Gasteiger partial charge in [0, 0.05) is 25.1 Å². The molecular formula is C11H12N4O3. The van der Waals surface area contributed by atoms with Gasteiger partial charge in [-0.1, -0.05) is 18.2 Å². The van der Waals surface area contributed by atoms with E-state index in [0.717, 1.165) is 0 Å². The van der Waals surface area contributed by atoms with Crippen LogP contribution in [0.4, 0.5) is 5.69 Å². The van der Waals surface area contributed by atoms with Gasteiger partial charge in [-0.25, -0.2) is 0 Å². The third-order valence-electron chi connectivity index (χ3n) is 2.35. The number of nitro groups is 1. The van der Waals surface area contributed by atoms with E-state index in [4.69, 9.17) is 4.42 Å². The van der Waals surface area contributed by atoms with Gasteiger partial charge in [0.2, 0.25) is 11.8 Å². The van der Waals surface area contributed by atoms with Crippen molar-refractivity contribution in [2.75, 3.05) is 0 Å². The first-order chi connectivity index (χ1) is 8.66. The van der Waals surface area contributed by atoms with Crippen molar-refractivity contribution in [3.8, 4) is 0 Å². The van der Waals surface area contributed by atoms with E-state index in [-0.39, 0.29) is 5.69 Å². The Labute approximate surface area is 103 Å². The predicted molar refractivity (Wildman–Crippen MR) is 62.7 cm³/mol. The van der Waals surface area contributed by atoms with Crippen LogP contribution in [0.15, 0.2) is 28.7 Å². The molecule has 0 radical (unpaired) electrons. The Morgan fingerprint density at radius 2 is 2.11 bits per heavy atom. The summed E-state index contributed by atoms with van der Waals surface area (Å²) in [5, 5.41) is 21.3. The lowest BCUT2D eigenvalue weighted by Crippen LogP contribution is -2.14. The Kier molecular flexibility index (Phi) is 3.63. The molecule has 0 saturated heterocycles. The number of nitrogens with one attached hydrogen (secondary N) is 1. The van der Waals surface area contributed by atoms with Crippen LogP contribution >= 0.6 is 0 Å². The van der Waals surface area contributed by atoms with Crippen LogP contribution in [-0.2, 0) is 13.1 Å². The topological polar surface area (TPSA) is 94.1 Å². The Bertz CT molecular complexity index is 553. The molecule has 94 valence electrons. The summed E-state index contributed by atoms with van der Waals surface area (Å²) in [5.41, 5.74) is 0.727. The summed E-state index contributed by atoms with van der Waals surface area (Å²) < 4.78 is 5.18. The van der Waals surface area contributed by atoms with E-state index < -0.39 is 4.92 Å². The smallest absolute Gasteiger partial charge is 0.273 e. The zero-order valence-corrected chi connectivity index (χ0v) is 9.79. The molecule has 1 aromatic carbocycles. The fourth-order valence-electron chi connectivity index (χ4n) is 1.55. The molecule has 7 nitrogen and oxygen atoms in total. The summed E-state index contributed by atoms with van der Waals surface area (Å²) in [6.07, 6.45) is 0. The van der Waals surface area contributed by atoms with E-state index in [1.165, 1.54) is 6.07 Å². The van der Waals surface area contributed by atoms with Gasteiger partial charge in [0.05, 0.1) is 11.5 Å². The lowest BCUT2D eigenvalue weighted by atomic mass is 10.2. The normalized spacial score (nSPS) is 10.5. The first-order valence-electron chi connectivity index (χ1n) is 5.39. The minimum absolute atomic E-state index is 0.103. The number of benzene rings is 1. The lowest BCUT2D eigenvalue weighted by Gasteiger charge is -2.03. The van der Waals surface area contributed by atoms with Gasteiger partial charge < -0.3 is 9.73 Å². The molecule has 0 saturated carbocycles.